The molecular weight excluding hydrogens is 184 g/mol. The van der Waals surface area contributed by atoms with Gasteiger partial charge in [0.05, 0.1) is 5.60 Å². The highest BCUT2D eigenvalue weighted by molar-refractivity contribution is 4.92. The van der Waals surface area contributed by atoms with Gasteiger partial charge in [0.25, 0.3) is 0 Å². The summed E-state index contributed by atoms with van der Waals surface area (Å²) >= 11 is 0. The number of unbranched alkanes of at least 4 members (excludes halogenated alkanes) is 8. The Morgan fingerprint density at radius 1 is 0.800 bits per heavy atom. The minimum atomic E-state index is -0.207. The van der Waals surface area contributed by atoms with Crippen LogP contribution in [0.1, 0.15) is 84.0 Å². The Morgan fingerprint density at radius 3 is 1.73 bits per heavy atom. The molecule has 1 rings (SSSR count). The third kappa shape index (κ3) is 6.94. The zero-order valence-corrected chi connectivity index (χ0v) is 10.4. The van der Waals surface area contributed by atoms with Gasteiger partial charge in [-0.1, -0.05) is 64.7 Å². The molecule has 0 spiro atoms. The fraction of sp³-hybridized carbons (Fsp3) is 1.00. The Labute approximate surface area is 95.3 Å². The van der Waals surface area contributed by atoms with Crippen molar-refractivity contribution in [3.05, 3.63) is 0 Å². The number of hydrogen-bond donors (Lipinski definition) is 1. The smallest absolute Gasteiger partial charge is 0.0650 e. The molecule has 0 bridgehead atoms. The molecule has 0 aromatic carbocycles. The van der Waals surface area contributed by atoms with Gasteiger partial charge in [0.2, 0.25) is 0 Å². The van der Waals surface area contributed by atoms with Crippen LogP contribution >= 0.6 is 0 Å². The highest BCUT2D eigenvalue weighted by Gasteiger charge is 2.38. The molecule has 0 heterocycles. The maximum atomic E-state index is 9.63. The molecule has 90 valence electrons. The van der Waals surface area contributed by atoms with E-state index in [1.807, 2.05) is 0 Å². The van der Waals surface area contributed by atoms with Crippen LogP contribution in [-0.2, 0) is 0 Å². The van der Waals surface area contributed by atoms with Crippen molar-refractivity contribution < 1.29 is 5.11 Å². The SMILES string of the molecule is CCCCCCCCCCCC1(O)CC1. The molecule has 1 aliphatic carbocycles. The van der Waals surface area contributed by atoms with Gasteiger partial charge in [0, 0.05) is 0 Å². The van der Waals surface area contributed by atoms with Gasteiger partial charge in [-0.15, -0.1) is 0 Å². The van der Waals surface area contributed by atoms with Crippen LogP contribution in [-0.4, -0.2) is 10.7 Å². The lowest BCUT2D eigenvalue weighted by Gasteiger charge is -2.06. The fourth-order valence-electron chi connectivity index (χ4n) is 2.16. The molecule has 1 fully saturated rings. The molecule has 0 saturated heterocycles. The zero-order valence-electron chi connectivity index (χ0n) is 10.4. The van der Waals surface area contributed by atoms with E-state index in [9.17, 15) is 5.11 Å². The standard InChI is InChI=1S/C14H28O/c1-2-3-4-5-6-7-8-9-10-11-14(15)12-13-14/h15H,2-13H2,1H3. The summed E-state index contributed by atoms with van der Waals surface area (Å²) in [6.07, 6.45) is 15.6. The quantitative estimate of drug-likeness (QED) is 0.531. The van der Waals surface area contributed by atoms with Gasteiger partial charge < -0.3 is 5.11 Å². The monoisotopic (exact) mass is 212 g/mol. The lowest BCUT2D eigenvalue weighted by molar-refractivity contribution is 0.136. The second-order valence-electron chi connectivity index (χ2n) is 5.30. The van der Waals surface area contributed by atoms with E-state index in [0.717, 1.165) is 19.3 Å². The van der Waals surface area contributed by atoms with Crippen LogP contribution in [0.3, 0.4) is 0 Å². The van der Waals surface area contributed by atoms with Crippen LogP contribution in [0.5, 0.6) is 0 Å². The van der Waals surface area contributed by atoms with Crippen LogP contribution in [0.15, 0.2) is 0 Å². The van der Waals surface area contributed by atoms with E-state index >= 15 is 0 Å². The van der Waals surface area contributed by atoms with Crippen molar-refractivity contribution in [3.8, 4) is 0 Å². The molecule has 0 atom stereocenters. The van der Waals surface area contributed by atoms with Crippen LogP contribution in [0.25, 0.3) is 0 Å². The van der Waals surface area contributed by atoms with Crippen LogP contribution in [0.4, 0.5) is 0 Å². The van der Waals surface area contributed by atoms with Crippen molar-refractivity contribution in [1.29, 1.82) is 0 Å². The largest absolute Gasteiger partial charge is 0.390 e. The zero-order chi connectivity index (χ0) is 11.0. The first-order chi connectivity index (χ1) is 7.27. The van der Waals surface area contributed by atoms with Crippen LogP contribution in [0.2, 0.25) is 0 Å². The maximum absolute atomic E-state index is 9.63. The first-order valence-electron chi connectivity index (χ1n) is 6.99. The average Bonchev–Trinajstić information content (AvgIpc) is 2.95. The summed E-state index contributed by atoms with van der Waals surface area (Å²) in [5.41, 5.74) is -0.207. The van der Waals surface area contributed by atoms with E-state index in [1.54, 1.807) is 0 Å². The van der Waals surface area contributed by atoms with E-state index < -0.39 is 0 Å². The molecular formula is C14H28O. The predicted octanol–water partition coefficient (Wildman–Crippen LogP) is 4.43. The van der Waals surface area contributed by atoms with Crippen molar-refractivity contribution in [1.82, 2.24) is 0 Å². The van der Waals surface area contributed by atoms with E-state index in [-0.39, 0.29) is 5.60 Å². The van der Waals surface area contributed by atoms with Crippen LogP contribution in [0, 0.1) is 0 Å². The topological polar surface area (TPSA) is 20.2 Å². The van der Waals surface area contributed by atoms with Crippen molar-refractivity contribution in [2.24, 2.45) is 0 Å². The highest BCUT2D eigenvalue weighted by Crippen LogP contribution is 2.39. The van der Waals surface area contributed by atoms with Crippen molar-refractivity contribution >= 4 is 0 Å². The summed E-state index contributed by atoms with van der Waals surface area (Å²) < 4.78 is 0. The van der Waals surface area contributed by atoms with Gasteiger partial charge in [0.1, 0.15) is 0 Å². The maximum Gasteiger partial charge on any atom is 0.0650 e. The minimum absolute atomic E-state index is 0.207. The van der Waals surface area contributed by atoms with E-state index in [0.29, 0.717) is 0 Å². The van der Waals surface area contributed by atoms with Crippen molar-refractivity contribution in [2.45, 2.75) is 89.6 Å². The third-order valence-corrected chi connectivity index (χ3v) is 3.57. The summed E-state index contributed by atoms with van der Waals surface area (Å²) in [6, 6.07) is 0. The van der Waals surface area contributed by atoms with Crippen molar-refractivity contribution in [3.63, 3.8) is 0 Å². The molecule has 1 heteroatoms. The fourth-order valence-corrected chi connectivity index (χ4v) is 2.16. The third-order valence-electron chi connectivity index (χ3n) is 3.57. The van der Waals surface area contributed by atoms with E-state index in [2.05, 4.69) is 6.92 Å². The molecule has 0 aromatic rings. The summed E-state index contributed by atoms with van der Waals surface area (Å²) in [7, 11) is 0. The number of rotatable bonds is 10. The first kappa shape index (κ1) is 13.0. The van der Waals surface area contributed by atoms with Crippen molar-refractivity contribution in [2.75, 3.05) is 0 Å². The van der Waals surface area contributed by atoms with Gasteiger partial charge >= 0.3 is 0 Å². The van der Waals surface area contributed by atoms with Gasteiger partial charge in [-0.2, -0.15) is 0 Å². The lowest BCUT2D eigenvalue weighted by Crippen LogP contribution is -2.05. The average molecular weight is 212 g/mol. The van der Waals surface area contributed by atoms with Gasteiger partial charge in [0.15, 0.2) is 0 Å². The molecule has 0 radical (unpaired) electrons. The summed E-state index contributed by atoms with van der Waals surface area (Å²) in [4.78, 5) is 0. The Bertz CT molecular complexity index is 149. The summed E-state index contributed by atoms with van der Waals surface area (Å²) in [5.74, 6) is 0. The number of aliphatic hydroxyl groups is 1. The molecule has 1 aliphatic rings. The van der Waals surface area contributed by atoms with Crippen LogP contribution < -0.4 is 0 Å². The van der Waals surface area contributed by atoms with Gasteiger partial charge in [-0.05, 0) is 19.3 Å². The summed E-state index contributed by atoms with van der Waals surface area (Å²) in [6.45, 7) is 2.27. The highest BCUT2D eigenvalue weighted by atomic mass is 16.3. The molecule has 0 amide bonds. The second kappa shape index (κ2) is 7.27. The van der Waals surface area contributed by atoms with E-state index in [4.69, 9.17) is 0 Å². The molecule has 1 saturated carbocycles. The normalized spacial score (nSPS) is 18.0. The van der Waals surface area contributed by atoms with Gasteiger partial charge in [-0.3, -0.25) is 0 Å². The minimum Gasteiger partial charge on any atom is -0.390 e. The predicted molar refractivity (Wildman–Crippen MR) is 66.0 cm³/mol. The van der Waals surface area contributed by atoms with Gasteiger partial charge in [-0.25, -0.2) is 0 Å². The Morgan fingerprint density at radius 2 is 1.27 bits per heavy atom. The molecule has 0 unspecified atom stereocenters. The Hall–Kier alpha value is -0.0400. The molecule has 1 nitrogen and oxygen atoms in total. The lowest BCUT2D eigenvalue weighted by atomic mass is 10.0. The van der Waals surface area contributed by atoms with E-state index in [1.165, 1.54) is 57.8 Å². The first-order valence-corrected chi connectivity index (χ1v) is 6.99. The second-order valence-corrected chi connectivity index (χ2v) is 5.30. The molecule has 1 N–H and O–H groups in total. The molecule has 0 aliphatic heterocycles. The molecule has 0 aromatic heterocycles. The Kier molecular flexibility index (Phi) is 6.31. The summed E-state index contributed by atoms with van der Waals surface area (Å²) in [5, 5.41) is 9.63. The Balaban J connectivity index is 1.70. The number of hydrogen-bond acceptors (Lipinski definition) is 1. The molecule has 15 heavy (non-hydrogen) atoms.